The van der Waals surface area contributed by atoms with Gasteiger partial charge in [-0.05, 0) is 117 Å². The minimum Gasteiger partial charge on any atom is -0.458 e. The molecule has 0 saturated heterocycles. The molecular formula is C61H58N4O. The Kier molecular flexibility index (Phi) is 7.92. The van der Waals surface area contributed by atoms with Crippen molar-refractivity contribution in [1.82, 2.24) is 14.1 Å². The van der Waals surface area contributed by atoms with E-state index >= 15 is 0 Å². The fourth-order valence-corrected chi connectivity index (χ4v) is 8.76. The fraction of sp³-hybridized carbons (Fsp3) is 0.213. The van der Waals surface area contributed by atoms with Gasteiger partial charge in [0.05, 0.1) is 48.5 Å². The molecule has 0 aliphatic heterocycles. The second kappa shape index (κ2) is 17.0. The highest BCUT2D eigenvalue weighted by molar-refractivity contribution is 6.09. The van der Waals surface area contributed by atoms with Gasteiger partial charge in [-0.3, -0.25) is 13.7 Å². The summed E-state index contributed by atoms with van der Waals surface area (Å²) in [5.41, 5.74) is 7.27. The first-order chi connectivity index (χ1) is 36.8. The third kappa shape index (κ3) is 7.87. The number of nitrogens with zero attached hydrogens (tertiary/aromatic N) is 4. The molecule has 0 unspecified atom stereocenters. The summed E-state index contributed by atoms with van der Waals surface area (Å²) in [4.78, 5) is 4.67. The molecule has 0 aliphatic rings. The minimum atomic E-state index is -0.962. The van der Waals surface area contributed by atoms with Crippen LogP contribution in [-0.2, 0) is 10.8 Å². The summed E-state index contributed by atoms with van der Waals surface area (Å²) >= 11 is 0. The Morgan fingerprint density at radius 1 is 0.636 bits per heavy atom. The molecule has 0 radical (unpaired) electrons. The van der Waals surface area contributed by atoms with Crippen LogP contribution in [-0.4, -0.2) is 14.1 Å². The van der Waals surface area contributed by atoms with E-state index in [2.05, 4.69) is 71.1 Å². The Morgan fingerprint density at radius 2 is 1.32 bits per heavy atom. The van der Waals surface area contributed by atoms with Crippen LogP contribution >= 0.6 is 0 Å². The first-order valence-corrected chi connectivity index (χ1v) is 22.4. The second-order valence-corrected chi connectivity index (χ2v) is 18.7. The third-order valence-corrected chi connectivity index (χ3v) is 12.3. The van der Waals surface area contributed by atoms with Crippen LogP contribution in [0.1, 0.15) is 107 Å². The van der Waals surface area contributed by atoms with Crippen molar-refractivity contribution < 1.29 is 25.8 Å². The molecule has 7 aromatic carbocycles. The zero-order valence-corrected chi connectivity index (χ0v) is 38.5. The van der Waals surface area contributed by atoms with Crippen molar-refractivity contribution in [1.29, 1.82) is 0 Å². The highest BCUT2D eigenvalue weighted by Gasteiger charge is 2.25. The first-order valence-electron chi connectivity index (χ1n) is 28.4. The molecule has 5 heteroatoms. The summed E-state index contributed by atoms with van der Waals surface area (Å²) in [6.45, 7) is 16.8. The van der Waals surface area contributed by atoms with Gasteiger partial charge in [0.2, 0.25) is 0 Å². The first kappa shape index (κ1) is 30.8. The van der Waals surface area contributed by atoms with Crippen molar-refractivity contribution in [3.05, 3.63) is 199 Å². The number of ether oxygens (including phenoxy) is 1. The van der Waals surface area contributed by atoms with E-state index < -0.39 is 36.1 Å². The minimum absolute atomic E-state index is 0.0298. The van der Waals surface area contributed by atoms with E-state index in [9.17, 15) is 6.85 Å². The van der Waals surface area contributed by atoms with Crippen molar-refractivity contribution in [3.8, 4) is 50.9 Å². The van der Waals surface area contributed by atoms with Crippen molar-refractivity contribution in [2.45, 2.75) is 85.0 Å². The van der Waals surface area contributed by atoms with Gasteiger partial charge in [-0.15, -0.1) is 0 Å². The molecule has 10 aromatic rings. The van der Waals surface area contributed by atoms with E-state index in [-0.39, 0.29) is 91.8 Å². The number of rotatable bonds is 10. The number of fused-ring (bicyclic) bond motifs is 4. The molecule has 3 aromatic heterocycles. The largest absolute Gasteiger partial charge is 0.458 e. The van der Waals surface area contributed by atoms with E-state index in [1.54, 1.807) is 53.2 Å². The Hall–Kier alpha value is -7.24. The van der Waals surface area contributed by atoms with Gasteiger partial charge in [0.1, 0.15) is 17.3 Å². The quantitative estimate of drug-likeness (QED) is 0.101. The summed E-state index contributed by atoms with van der Waals surface area (Å²) in [5, 5.41) is 0.189. The molecule has 0 bridgehead atoms. The topological polar surface area (TPSA) is 35.9 Å². The van der Waals surface area contributed by atoms with Gasteiger partial charge in [0.25, 0.3) is 6.33 Å². The van der Waals surface area contributed by atoms with E-state index in [0.29, 0.717) is 46.4 Å². The molecule has 328 valence electrons. The lowest BCUT2D eigenvalue weighted by Crippen LogP contribution is -2.31. The average Bonchev–Trinajstić information content (AvgIpc) is 4.01. The maximum atomic E-state index is 9.45. The molecule has 0 atom stereocenters. The number of aromatic nitrogens is 4. The van der Waals surface area contributed by atoms with Gasteiger partial charge in [0, 0.05) is 24.4 Å². The number of hydrogen-bond acceptors (Lipinski definition) is 2. The molecule has 0 saturated carbocycles. The van der Waals surface area contributed by atoms with Crippen LogP contribution in [0.4, 0.5) is 0 Å². The maximum Gasteiger partial charge on any atom is 0.269 e. The predicted molar refractivity (Wildman–Crippen MR) is 274 cm³/mol. The molecular weight excluding hydrogens is 805 g/mol. The highest BCUT2D eigenvalue weighted by atomic mass is 16.5. The molecule has 3 heterocycles. The number of hydrogen-bond donors (Lipinski definition) is 0. The van der Waals surface area contributed by atoms with Gasteiger partial charge >= 0.3 is 0 Å². The van der Waals surface area contributed by atoms with E-state index in [0.717, 1.165) is 22.3 Å². The Balaban J connectivity index is 1.18. The number of benzene rings is 7. The molecule has 0 N–H and O–H groups in total. The van der Waals surface area contributed by atoms with E-state index in [4.69, 9.17) is 14.3 Å². The van der Waals surface area contributed by atoms with Gasteiger partial charge in [0.15, 0.2) is 0 Å². The zero-order valence-electron chi connectivity index (χ0n) is 50.5. The van der Waals surface area contributed by atoms with Crippen LogP contribution in [0, 0.1) is 6.33 Å². The molecule has 5 nitrogen and oxygen atoms in total. The number of pyridine rings is 1. The fourth-order valence-electron chi connectivity index (χ4n) is 8.76. The van der Waals surface area contributed by atoms with Crippen LogP contribution in [0.5, 0.6) is 11.5 Å². The average molecular weight is 875 g/mol. The summed E-state index contributed by atoms with van der Waals surface area (Å²) in [7, 11) is 0. The Labute approximate surface area is 406 Å². The second-order valence-electron chi connectivity index (χ2n) is 18.7. The van der Waals surface area contributed by atoms with Crippen LogP contribution in [0.15, 0.2) is 176 Å². The van der Waals surface area contributed by atoms with Gasteiger partial charge in [-0.1, -0.05) is 170 Å². The normalized spacial score (nSPS) is 14.9. The summed E-state index contributed by atoms with van der Waals surface area (Å²) < 4.78 is 120. The van der Waals surface area contributed by atoms with Crippen molar-refractivity contribution in [3.63, 3.8) is 0 Å². The van der Waals surface area contributed by atoms with Crippen LogP contribution in [0.3, 0.4) is 0 Å². The third-order valence-electron chi connectivity index (χ3n) is 12.3. The Morgan fingerprint density at radius 3 is 2.06 bits per heavy atom. The van der Waals surface area contributed by atoms with Crippen molar-refractivity contribution in [2.75, 3.05) is 0 Å². The Bertz CT molecular complexity index is 4050. The van der Waals surface area contributed by atoms with Crippen molar-refractivity contribution in [2.24, 2.45) is 0 Å². The summed E-state index contributed by atoms with van der Waals surface area (Å²) in [5.74, 6) is -0.436. The monoisotopic (exact) mass is 875 g/mol. The molecule has 0 spiro atoms. The van der Waals surface area contributed by atoms with Crippen molar-refractivity contribution >= 4 is 32.8 Å². The molecule has 0 aliphatic carbocycles. The molecule has 10 rings (SSSR count). The van der Waals surface area contributed by atoms with Crippen LogP contribution < -0.4 is 9.30 Å². The smallest absolute Gasteiger partial charge is 0.269 e. The molecule has 0 amide bonds. The summed E-state index contributed by atoms with van der Waals surface area (Å²) in [6, 6.07) is 27.6. The highest BCUT2D eigenvalue weighted by Crippen LogP contribution is 2.40. The lowest BCUT2D eigenvalue weighted by atomic mass is 9.78. The van der Waals surface area contributed by atoms with Crippen LogP contribution in [0.2, 0.25) is 0 Å². The lowest BCUT2D eigenvalue weighted by molar-refractivity contribution is -0.571. The van der Waals surface area contributed by atoms with Gasteiger partial charge < -0.3 is 4.74 Å². The SMILES string of the molecule is [2H]c1c([2H])c([2H])c(-c2cccc(-c3cc(C(C)(C)C)cc(C(C)(C)C)c3)c2-[n+]2[c-]n(-c3cccc(Oc4cc5c(c([2H])c4[2H])c4c([2H])c([2H])c([2H])c([2H])c4n5-c4cc(C([2H])(CC)CC)ccn4)c3)c3ccccc32)c([2H])c1[2H]. The van der Waals surface area contributed by atoms with Gasteiger partial charge in [-0.2, -0.15) is 0 Å². The van der Waals surface area contributed by atoms with Gasteiger partial charge in [-0.25, -0.2) is 4.98 Å². The predicted octanol–water partition coefficient (Wildman–Crippen LogP) is 15.8. The molecule has 0 fully saturated rings. The lowest BCUT2D eigenvalue weighted by Gasteiger charge is -2.27. The molecule has 66 heavy (non-hydrogen) atoms. The maximum absolute atomic E-state index is 9.45. The number of para-hydroxylation sites is 4. The van der Waals surface area contributed by atoms with Crippen LogP contribution in [0.25, 0.3) is 72.3 Å². The zero-order chi connectivity index (χ0) is 56.2. The van der Waals surface area contributed by atoms with E-state index in [1.807, 2.05) is 65.4 Å². The standard InChI is InChI=1S/C61H58N4O/c1-9-41(10-2)43-32-33-62-58(36-43)65-54-27-15-14-24-52(54)53-31-30-49(39-57(53)65)66-48-23-18-22-47(38-48)63-40-64(56-29-17-16-28-55(56)63)59-50(42-20-12-11-13-21-42)25-19-26-51(59)44-34-45(60(3,4)5)37-46(35-44)61(6,7)8/h11-39,41H,9-10H2,1-8H3/i11D,12D,13D,14D,15D,20D,21D,24D,27D,30D,31D,41D. The van der Waals surface area contributed by atoms with E-state index in [1.165, 1.54) is 0 Å². The number of imidazole rings is 1. The summed E-state index contributed by atoms with van der Waals surface area (Å²) in [6.07, 6.45) is 6.18.